The van der Waals surface area contributed by atoms with E-state index < -0.39 is 0 Å². The van der Waals surface area contributed by atoms with Gasteiger partial charge in [0.05, 0.1) is 12.2 Å². The van der Waals surface area contributed by atoms with E-state index in [0.717, 1.165) is 25.9 Å². The number of nitrogens with zero attached hydrogens (tertiary/aromatic N) is 1. The molecule has 1 saturated carbocycles. The van der Waals surface area contributed by atoms with E-state index in [0.29, 0.717) is 5.92 Å². The lowest BCUT2D eigenvalue weighted by Crippen LogP contribution is -2.51. The summed E-state index contributed by atoms with van der Waals surface area (Å²) in [5.74, 6) is 0.565. The molecule has 0 unspecified atom stereocenters. The molecule has 2 saturated heterocycles. The fraction of sp³-hybridized carbons (Fsp3) is 0.667. The second-order valence-corrected chi connectivity index (χ2v) is 7.91. The van der Waals surface area contributed by atoms with Gasteiger partial charge in [0.25, 0.3) is 0 Å². The molecule has 1 aliphatic carbocycles. The number of hydrogen-bond donors (Lipinski definition) is 1. The van der Waals surface area contributed by atoms with Crippen LogP contribution < -0.4 is 10.2 Å². The molecule has 1 amide bonds. The Morgan fingerprint density at radius 3 is 2.68 bits per heavy atom. The summed E-state index contributed by atoms with van der Waals surface area (Å²) in [7, 11) is 0. The average molecular weight is 342 g/mol. The minimum atomic E-state index is 0.0859. The third kappa shape index (κ3) is 3.55. The third-order valence-electron chi connectivity index (χ3n) is 6.20. The molecular weight excluding hydrogens is 312 g/mol. The normalized spacial score (nSPS) is 32.3. The van der Waals surface area contributed by atoms with Crippen LogP contribution in [0.4, 0.5) is 5.69 Å². The Morgan fingerprint density at radius 1 is 1.12 bits per heavy atom. The number of ether oxygens (including phenoxy) is 1. The van der Waals surface area contributed by atoms with Crippen LogP contribution in [0.2, 0.25) is 0 Å². The predicted octanol–water partition coefficient (Wildman–Crippen LogP) is 3.81. The molecule has 2 heterocycles. The van der Waals surface area contributed by atoms with Crippen molar-refractivity contribution in [2.75, 3.05) is 18.0 Å². The third-order valence-corrected chi connectivity index (χ3v) is 6.20. The van der Waals surface area contributed by atoms with Crippen molar-refractivity contribution in [1.29, 1.82) is 0 Å². The fourth-order valence-electron chi connectivity index (χ4n) is 5.06. The van der Waals surface area contributed by atoms with E-state index in [2.05, 4.69) is 34.5 Å². The lowest BCUT2D eigenvalue weighted by molar-refractivity contribution is -0.131. The summed E-state index contributed by atoms with van der Waals surface area (Å²) in [5, 5.41) is 3.24. The summed E-state index contributed by atoms with van der Waals surface area (Å²) in [6, 6.07) is 8.97. The molecule has 136 valence electrons. The van der Waals surface area contributed by atoms with Gasteiger partial charge in [0.2, 0.25) is 5.91 Å². The van der Waals surface area contributed by atoms with Crippen molar-refractivity contribution in [1.82, 2.24) is 5.32 Å². The number of carbonyl (C=O) groups excluding carboxylic acids is 1. The molecule has 4 heteroatoms. The first-order valence-corrected chi connectivity index (χ1v) is 9.99. The lowest BCUT2D eigenvalue weighted by atomic mass is 9.76. The Hall–Kier alpha value is -1.55. The van der Waals surface area contributed by atoms with Crippen LogP contribution in [0.3, 0.4) is 0 Å². The van der Waals surface area contributed by atoms with Crippen LogP contribution in [-0.4, -0.2) is 31.1 Å². The van der Waals surface area contributed by atoms with Crippen LogP contribution in [0, 0.1) is 5.92 Å². The topological polar surface area (TPSA) is 41.6 Å². The second kappa shape index (κ2) is 7.36. The van der Waals surface area contributed by atoms with Crippen LogP contribution in [0.1, 0.15) is 63.5 Å². The van der Waals surface area contributed by atoms with E-state index in [-0.39, 0.29) is 24.2 Å². The van der Waals surface area contributed by atoms with Gasteiger partial charge in [0.1, 0.15) is 0 Å². The zero-order chi connectivity index (χ0) is 17.2. The lowest BCUT2D eigenvalue weighted by Gasteiger charge is -2.45. The van der Waals surface area contributed by atoms with Gasteiger partial charge in [-0.1, -0.05) is 31.0 Å². The van der Waals surface area contributed by atoms with E-state index in [4.69, 9.17) is 4.74 Å². The van der Waals surface area contributed by atoms with E-state index in [1.54, 1.807) is 6.92 Å². The van der Waals surface area contributed by atoms with Crippen molar-refractivity contribution in [2.24, 2.45) is 5.92 Å². The van der Waals surface area contributed by atoms with E-state index >= 15 is 0 Å². The van der Waals surface area contributed by atoms with Gasteiger partial charge < -0.3 is 15.0 Å². The number of benzene rings is 1. The molecule has 0 radical (unpaired) electrons. The molecule has 1 aromatic rings. The quantitative estimate of drug-likeness (QED) is 0.908. The molecule has 4 nitrogen and oxygen atoms in total. The van der Waals surface area contributed by atoms with Gasteiger partial charge in [0.15, 0.2) is 0 Å². The smallest absolute Gasteiger partial charge is 0.217 e. The van der Waals surface area contributed by atoms with E-state index in [1.165, 1.54) is 43.4 Å². The maximum absolute atomic E-state index is 11.7. The van der Waals surface area contributed by atoms with Gasteiger partial charge in [0, 0.05) is 43.2 Å². The number of carbonyl (C=O) groups is 1. The van der Waals surface area contributed by atoms with Crippen LogP contribution in [0.5, 0.6) is 0 Å². The highest BCUT2D eigenvalue weighted by molar-refractivity contribution is 5.73. The van der Waals surface area contributed by atoms with Gasteiger partial charge in [-0.05, 0) is 38.2 Å². The first-order valence-electron chi connectivity index (χ1n) is 9.99. The van der Waals surface area contributed by atoms with E-state index in [9.17, 15) is 4.79 Å². The monoisotopic (exact) mass is 342 g/mol. The Balaban J connectivity index is 1.60. The van der Waals surface area contributed by atoms with Crippen LogP contribution in [0.15, 0.2) is 24.3 Å². The van der Waals surface area contributed by atoms with Gasteiger partial charge in [-0.3, -0.25) is 4.79 Å². The molecule has 3 aliphatic rings. The zero-order valence-electron chi connectivity index (χ0n) is 15.2. The summed E-state index contributed by atoms with van der Waals surface area (Å²) < 4.78 is 6.61. The Morgan fingerprint density at radius 2 is 1.88 bits per heavy atom. The summed E-state index contributed by atoms with van der Waals surface area (Å²) in [5.41, 5.74) is 2.64. The number of hydrogen-bond acceptors (Lipinski definition) is 3. The highest BCUT2D eigenvalue weighted by atomic mass is 16.5. The SMILES string of the molecule is CC(=O)N[C@@H]1C[C@H](c2ccccc2N2CCCC2)O[C@@H]2CCCC[C@@H]12. The number of nitrogens with one attached hydrogen (secondary N) is 1. The first kappa shape index (κ1) is 16.9. The molecule has 25 heavy (non-hydrogen) atoms. The number of fused-ring (bicyclic) bond motifs is 1. The molecule has 4 atom stereocenters. The average Bonchev–Trinajstić information content (AvgIpc) is 3.16. The molecule has 0 aromatic heterocycles. The highest BCUT2D eigenvalue weighted by Crippen LogP contribution is 2.43. The van der Waals surface area contributed by atoms with E-state index in [1.807, 2.05) is 0 Å². The fourth-order valence-corrected chi connectivity index (χ4v) is 5.06. The number of rotatable bonds is 3. The predicted molar refractivity (Wildman–Crippen MR) is 99.7 cm³/mol. The number of para-hydroxylation sites is 1. The maximum Gasteiger partial charge on any atom is 0.217 e. The minimum Gasteiger partial charge on any atom is -0.371 e. The van der Waals surface area contributed by atoms with Crippen molar-refractivity contribution in [3.05, 3.63) is 29.8 Å². The Bertz CT molecular complexity index is 612. The molecular formula is C21H30N2O2. The first-order chi connectivity index (χ1) is 12.2. The van der Waals surface area contributed by atoms with Gasteiger partial charge in [-0.2, -0.15) is 0 Å². The van der Waals surface area contributed by atoms with Crippen molar-refractivity contribution < 1.29 is 9.53 Å². The van der Waals surface area contributed by atoms with Crippen LogP contribution >= 0.6 is 0 Å². The van der Waals surface area contributed by atoms with Gasteiger partial charge in [-0.25, -0.2) is 0 Å². The van der Waals surface area contributed by atoms with Crippen molar-refractivity contribution >= 4 is 11.6 Å². The maximum atomic E-state index is 11.7. The highest BCUT2D eigenvalue weighted by Gasteiger charge is 2.41. The molecule has 2 aliphatic heterocycles. The summed E-state index contributed by atoms with van der Waals surface area (Å²) in [6.07, 6.45) is 8.64. The largest absolute Gasteiger partial charge is 0.371 e. The van der Waals surface area contributed by atoms with Crippen LogP contribution in [-0.2, 0) is 9.53 Å². The summed E-state index contributed by atoms with van der Waals surface area (Å²) in [4.78, 5) is 14.2. The standard InChI is InChI=1S/C21H30N2O2/c1-15(24)22-18-14-21(25-20-11-5-3-8-16(18)20)17-9-2-4-10-19(17)23-12-6-7-13-23/h2,4,9-10,16,18,20-21H,3,5-8,11-14H2,1H3,(H,22,24)/t16-,18+,20+,21+/m0/s1. The van der Waals surface area contributed by atoms with Gasteiger partial charge in [-0.15, -0.1) is 0 Å². The Kier molecular flexibility index (Phi) is 4.98. The molecule has 0 spiro atoms. The zero-order valence-corrected chi connectivity index (χ0v) is 15.2. The van der Waals surface area contributed by atoms with Crippen molar-refractivity contribution in [3.8, 4) is 0 Å². The number of anilines is 1. The summed E-state index contributed by atoms with van der Waals surface area (Å²) >= 11 is 0. The molecule has 4 rings (SSSR count). The number of amides is 1. The Labute approximate surface area is 150 Å². The second-order valence-electron chi connectivity index (χ2n) is 7.91. The molecule has 3 fully saturated rings. The summed E-state index contributed by atoms with van der Waals surface area (Å²) in [6.45, 7) is 3.93. The minimum absolute atomic E-state index is 0.0859. The van der Waals surface area contributed by atoms with Crippen molar-refractivity contribution in [3.63, 3.8) is 0 Å². The van der Waals surface area contributed by atoms with Gasteiger partial charge >= 0.3 is 0 Å². The van der Waals surface area contributed by atoms with Crippen molar-refractivity contribution in [2.45, 2.75) is 70.1 Å². The van der Waals surface area contributed by atoms with Crippen LogP contribution in [0.25, 0.3) is 0 Å². The molecule has 1 N–H and O–H groups in total. The molecule has 1 aromatic carbocycles. The molecule has 0 bridgehead atoms.